The zero-order chi connectivity index (χ0) is 18.2. The molecule has 2 fully saturated rings. The number of nitrogens with zero attached hydrogens (tertiary/aromatic N) is 4. The minimum absolute atomic E-state index is 0.796. The van der Waals surface area contributed by atoms with Crippen LogP contribution in [0.1, 0.15) is 48.9 Å². The molecule has 2 aromatic rings. The van der Waals surface area contributed by atoms with Gasteiger partial charge in [-0.3, -0.25) is 4.90 Å². The lowest BCUT2D eigenvalue weighted by atomic mass is 9.89. The van der Waals surface area contributed by atoms with Crippen molar-refractivity contribution >= 4 is 27.4 Å². The fraction of sp³-hybridized carbons (Fsp3) is 0.714. The van der Waals surface area contributed by atoms with Crippen LogP contribution in [0.25, 0.3) is 10.2 Å². The van der Waals surface area contributed by atoms with E-state index >= 15 is 0 Å². The van der Waals surface area contributed by atoms with Crippen molar-refractivity contribution < 1.29 is 4.74 Å². The summed E-state index contributed by atoms with van der Waals surface area (Å²) >= 11 is 1.94. The van der Waals surface area contributed by atoms with Crippen LogP contribution >= 0.6 is 11.3 Å². The number of ether oxygens (including phenoxy) is 1. The van der Waals surface area contributed by atoms with E-state index in [1.54, 1.807) is 10.4 Å². The molecule has 2 aliphatic heterocycles. The molecule has 6 heteroatoms. The van der Waals surface area contributed by atoms with Crippen LogP contribution in [-0.2, 0) is 24.1 Å². The summed E-state index contributed by atoms with van der Waals surface area (Å²) in [5.74, 6) is 3.02. The SMILES string of the molecule is C[C@@H]1CCc2c(sc3nc(CN4CCOCC4)nc(N4CCCCC4)c23)C1. The van der Waals surface area contributed by atoms with Crippen molar-refractivity contribution in [3.63, 3.8) is 0 Å². The number of anilines is 1. The van der Waals surface area contributed by atoms with Gasteiger partial charge in [0.1, 0.15) is 16.5 Å². The normalized spacial score (nSPS) is 24.3. The van der Waals surface area contributed by atoms with Crippen LogP contribution in [0.5, 0.6) is 0 Å². The van der Waals surface area contributed by atoms with E-state index in [4.69, 9.17) is 14.7 Å². The van der Waals surface area contributed by atoms with Gasteiger partial charge in [-0.1, -0.05) is 6.92 Å². The van der Waals surface area contributed by atoms with Gasteiger partial charge in [-0.05, 0) is 50.0 Å². The van der Waals surface area contributed by atoms with E-state index in [0.717, 1.165) is 57.7 Å². The fourth-order valence-electron chi connectivity index (χ4n) is 4.73. The van der Waals surface area contributed by atoms with Crippen molar-refractivity contribution in [2.75, 3.05) is 44.3 Å². The second kappa shape index (κ2) is 7.64. The average molecular weight is 387 g/mol. The molecule has 2 saturated heterocycles. The van der Waals surface area contributed by atoms with E-state index in [1.165, 1.54) is 54.6 Å². The molecule has 0 radical (unpaired) electrons. The molecule has 1 aliphatic carbocycles. The van der Waals surface area contributed by atoms with Gasteiger partial charge < -0.3 is 9.64 Å². The first kappa shape index (κ1) is 17.8. The predicted octanol–water partition coefficient (Wildman–Crippen LogP) is 3.64. The number of hydrogen-bond acceptors (Lipinski definition) is 6. The molecule has 4 heterocycles. The lowest BCUT2D eigenvalue weighted by Crippen LogP contribution is -2.36. The van der Waals surface area contributed by atoms with Gasteiger partial charge in [0, 0.05) is 31.1 Å². The quantitative estimate of drug-likeness (QED) is 0.806. The largest absolute Gasteiger partial charge is 0.379 e. The molecule has 146 valence electrons. The van der Waals surface area contributed by atoms with Gasteiger partial charge in [-0.2, -0.15) is 0 Å². The Balaban J connectivity index is 1.56. The Morgan fingerprint density at radius 2 is 1.89 bits per heavy atom. The summed E-state index contributed by atoms with van der Waals surface area (Å²) in [5, 5.41) is 1.38. The minimum atomic E-state index is 0.796. The topological polar surface area (TPSA) is 41.5 Å². The van der Waals surface area contributed by atoms with Crippen LogP contribution < -0.4 is 4.90 Å². The molecule has 0 N–H and O–H groups in total. The molecule has 0 unspecified atom stereocenters. The van der Waals surface area contributed by atoms with Crippen LogP contribution in [0.4, 0.5) is 5.82 Å². The molecule has 3 aliphatic rings. The van der Waals surface area contributed by atoms with Crippen molar-refractivity contribution in [2.45, 2.75) is 52.0 Å². The molecule has 0 saturated carbocycles. The highest BCUT2D eigenvalue weighted by atomic mass is 32.1. The van der Waals surface area contributed by atoms with Crippen LogP contribution in [0.3, 0.4) is 0 Å². The summed E-state index contributed by atoms with van der Waals surface area (Å²) in [6, 6.07) is 0. The maximum absolute atomic E-state index is 5.50. The zero-order valence-corrected chi connectivity index (χ0v) is 17.2. The highest BCUT2D eigenvalue weighted by Gasteiger charge is 2.27. The Morgan fingerprint density at radius 3 is 2.70 bits per heavy atom. The molecule has 0 spiro atoms. The van der Waals surface area contributed by atoms with Crippen molar-refractivity contribution in [2.24, 2.45) is 5.92 Å². The van der Waals surface area contributed by atoms with Crippen LogP contribution in [-0.4, -0.2) is 54.3 Å². The van der Waals surface area contributed by atoms with E-state index in [1.807, 2.05) is 11.3 Å². The van der Waals surface area contributed by atoms with Gasteiger partial charge in [0.05, 0.1) is 25.1 Å². The van der Waals surface area contributed by atoms with Gasteiger partial charge in [0.15, 0.2) is 0 Å². The second-order valence-corrected chi connectivity index (χ2v) is 9.52. The standard InChI is InChI=1S/C21H30N4OS/c1-15-5-6-16-17(13-15)27-21-19(16)20(25-7-3-2-4-8-25)22-18(23-21)14-24-9-11-26-12-10-24/h15H,2-14H2,1H3/t15-/m1/s1. The third kappa shape index (κ3) is 3.59. The third-order valence-electron chi connectivity index (χ3n) is 6.31. The minimum Gasteiger partial charge on any atom is -0.379 e. The van der Waals surface area contributed by atoms with Gasteiger partial charge in [0.25, 0.3) is 0 Å². The van der Waals surface area contributed by atoms with E-state index < -0.39 is 0 Å². The number of thiophene rings is 1. The molecule has 2 aromatic heterocycles. The maximum Gasteiger partial charge on any atom is 0.146 e. The van der Waals surface area contributed by atoms with Crippen LogP contribution in [0, 0.1) is 5.92 Å². The van der Waals surface area contributed by atoms with Gasteiger partial charge in [-0.15, -0.1) is 11.3 Å². The summed E-state index contributed by atoms with van der Waals surface area (Å²) < 4.78 is 5.50. The Bertz CT molecular complexity index is 808. The Labute approximate surface area is 165 Å². The van der Waals surface area contributed by atoms with Gasteiger partial charge >= 0.3 is 0 Å². The van der Waals surface area contributed by atoms with Crippen molar-refractivity contribution in [3.05, 3.63) is 16.3 Å². The molecule has 0 amide bonds. The van der Waals surface area contributed by atoms with Crippen LogP contribution in [0.15, 0.2) is 0 Å². The number of morpholine rings is 1. The molecule has 0 bridgehead atoms. The summed E-state index contributed by atoms with van der Waals surface area (Å²) in [7, 11) is 0. The summed E-state index contributed by atoms with van der Waals surface area (Å²) in [4.78, 5) is 18.0. The maximum atomic E-state index is 5.50. The lowest BCUT2D eigenvalue weighted by Gasteiger charge is -2.30. The van der Waals surface area contributed by atoms with Crippen LogP contribution in [0.2, 0.25) is 0 Å². The first-order valence-electron chi connectivity index (χ1n) is 10.6. The van der Waals surface area contributed by atoms with E-state index in [-0.39, 0.29) is 0 Å². The third-order valence-corrected chi connectivity index (χ3v) is 7.45. The van der Waals surface area contributed by atoms with E-state index in [2.05, 4.69) is 16.7 Å². The first-order chi connectivity index (χ1) is 13.3. The number of fused-ring (bicyclic) bond motifs is 3. The fourth-order valence-corrected chi connectivity index (χ4v) is 6.13. The molecular formula is C21H30N4OS. The van der Waals surface area contributed by atoms with E-state index in [0.29, 0.717) is 0 Å². The number of aryl methyl sites for hydroxylation is 1. The zero-order valence-electron chi connectivity index (χ0n) is 16.4. The first-order valence-corrected chi connectivity index (χ1v) is 11.5. The lowest BCUT2D eigenvalue weighted by molar-refractivity contribution is 0.0331. The van der Waals surface area contributed by atoms with Gasteiger partial charge in [0.2, 0.25) is 0 Å². The second-order valence-electron chi connectivity index (χ2n) is 8.43. The Hall–Kier alpha value is -1.24. The monoisotopic (exact) mass is 386 g/mol. The van der Waals surface area contributed by atoms with Crippen molar-refractivity contribution in [3.8, 4) is 0 Å². The van der Waals surface area contributed by atoms with Crippen molar-refractivity contribution in [1.29, 1.82) is 0 Å². The molecule has 5 nitrogen and oxygen atoms in total. The highest BCUT2D eigenvalue weighted by molar-refractivity contribution is 7.19. The highest BCUT2D eigenvalue weighted by Crippen LogP contribution is 2.41. The Kier molecular flexibility index (Phi) is 5.05. The predicted molar refractivity (Wildman–Crippen MR) is 111 cm³/mol. The summed E-state index contributed by atoms with van der Waals surface area (Å²) in [5.41, 5.74) is 1.56. The van der Waals surface area contributed by atoms with Crippen molar-refractivity contribution in [1.82, 2.24) is 14.9 Å². The van der Waals surface area contributed by atoms with Gasteiger partial charge in [-0.25, -0.2) is 9.97 Å². The molecule has 1 atom stereocenters. The molecule has 27 heavy (non-hydrogen) atoms. The smallest absolute Gasteiger partial charge is 0.146 e. The number of rotatable bonds is 3. The average Bonchev–Trinajstić information content (AvgIpc) is 3.06. The van der Waals surface area contributed by atoms with E-state index in [9.17, 15) is 0 Å². The number of aromatic nitrogens is 2. The molecule has 5 rings (SSSR count). The number of hydrogen-bond donors (Lipinski definition) is 0. The Morgan fingerprint density at radius 1 is 1.07 bits per heavy atom. The number of piperidine rings is 1. The molecular weight excluding hydrogens is 356 g/mol. The molecule has 0 aromatic carbocycles. The summed E-state index contributed by atoms with van der Waals surface area (Å²) in [6.07, 6.45) is 7.64. The summed E-state index contributed by atoms with van der Waals surface area (Å²) in [6.45, 7) is 9.14.